The zero-order chi connectivity index (χ0) is 12.4. The normalized spacial score (nSPS) is 10.2. The van der Waals surface area contributed by atoms with Crippen LogP contribution in [0.5, 0.6) is 0 Å². The smallest absolute Gasteiger partial charge is 0.124 e. The predicted octanol–water partition coefficient (Wildman–Crippen LogP) is 1.92. The summed E-state index contributed by atoms with van der Waals surface area (Å²) in [6.45, 7) is 2.01. The number of pyridine rings is 1. The van der Waals surface area contributed by atoms with Crippen molar-refractivity contribution in [1.82, 2.24) is 4.98 Å². The van der Waals surface area contributed by atoms with Crippen LogP contribution in [0.25, 0.3) is 11.1 Å². The molecule has 1 aromatic carbocycles. The lowest BCUT2D eigenvalue weighted by atomic mass is 10.00. The molecule has 86 valence electrons. The van der Waals surface area contributed by atoms with Crippen molar-refractivity contribution in [2.45, 2.75) is 6.92 Å². The summed E-state index contributed by atoms with van der Waals surface area (Å²) in [5.74, 6) is -0.0223. The van der Waals surface area contributed by atoms with Gasteiger partial charge in [0.15, 0.2) is 0 Å². The van der Waals surface area contributed by atoms with E-state index in [-0.39, 0.29) is 5.84 Å². The number of rotatable bonds is 2. The molecule has 0 aliphatic heterocycles. The summed E-state index contributed by atoms with van der Waals surface area (Å²) in [7, 11) is 0. The lowest BCUT2D eigenvalue weighted by Crippen LogP contribution is -2.13. The topological polar surface area (TPSA) is 88.8 Å². The number of hydrogen-bond acceptors (Lipinski definition) is 3. The quantitative estimate of drug-likeness (QED) is 0.415. The van der Waals surface area contributed by atoms with E-state index in [4.69, 9.17) is 16.9 Å². The number of nitrogen functional groups attached to an aromatic ring is 2. The van der Waals surface area contributed by atoms with Crippen LogP contribution < -0.4 is 11.5 Å². The molecule has 0 atom stereocenters. The van der Waals surface area contributed by atoms with E-state index in [1.54, 1.807) is 18.5 Å². The monoisotopic (exact) mass is 226 g/mol. The summed E-state index contributed by atoms with van der Waals surface area (Å²) in [6, 6.07) is 7.44. The molecule has 0 aliphatic rings. The standard InChI is InChI=1S/C13H14N4/c1-8-4-5-17-7-11(8)9-2-3-12(14)10(6-9)13(15)16/h2-7H,14H2,1H3,(H3,15,16). The van der Waals surface area contributed by atoms with Crippen LogP contribution in [-0.4, -0.2) is 10.8 Å². The van der Waals surface area contributed by atoms with E-state index in [1.807, 2.05) is 25.1 Å². The molecule has 0 amide bonds. The highest BCUT2D eigenvalue weighted by molar-refractivity contribution is 6.01. The summed E-state index contributed by atoms with van der Waals surface area (Å²) in [6.07, 6.45) is 3.55. The molecule has 1 heterocycles. The van der Waals surface area contributed by atoms with Crippen LogP contribution in [-0.2, 0) is 0 Å². The van der Waals surface area contributed by atoms with Crippen LogP contribution in [0.2, 0.25) is 0 Å². The fourth-order valence-electron chi connectivity index (χ4n) is 1.72. The van der Waals surface area contributed by atoms with Gasteiger partial charge >= 0.3 is 0 Å². The highest BCUT2D eigenvalue weighted by Crippen LogP contribution is 2.25. The molecular formula is C13H14N4. The molecule has 4 heteroatoms. The Morgan fingerprint density at radius 2 is 2.06 bits per heavy atom. The first-order chi connectivity index (χ1) is 8.09. The second kappa shape index (κ2) is 4.25. The first-order valence-electron chi connectivity index (χ1n) is 5.24. The van der Waals surface area contributed by atoms with Gasteiger partial charge in [-0.25, -0.2) is 0 Å². The van der Waals surface area contributed by atoms with Gasteiger partial charge < -0.3 is 11.5 Å². The maximum Gasteiger partial charge on any atom is 0.124 e. The van der Waals surface area contributed by atoms with E-state index in [0.717, 1.165) is 16.7 Å². The summed E-state index contributed by atoms with van der Waals surface area (Å²) in [5.41, 5.74) is 15.4. The number of aryl methyl sites for hydroxylation is 1. The second-order valence-electron chi connectivity index (χ2n) is 3.91. The Morgan fingerprint density at radius 3 is 2.71 bits per heavy atom. The van der Waals surface area contributed by atoms with Crippen LogP contribution in [0.1, 0.15) is 11.1 Å². The Hall–Kier alpha value is -2.36. The maximum atomic E-state index is 7.47. The molecule has 2 rings (SSSR count). The number of nitrogens with one attached hydrogen (secondary N) is 1. The minimum atomic E-state index is -0.0223. The molecule has 0 radical (unpaired) electrons. The van der Waals surface area contributed by atoms with Crippen LogP contribution in [0, 0.1) is 12.3 Å². The molecule has 0 bridgehead atoms. The van der Waals surface area contributed by atoms with Crippen molar-refractivity contribution in [2.75, 3.05) is 5.73 Å². The van der Waals surface area contributed by atoms with E-state index < -0.39 is 0 Å². The highest BCUT2D eigenvalue weighted by atomic mass is 14.7. The number of hydrogen-bond donors (Lipinski definition) is 3. The lowest BCUT2D eigenvalue weighted by molar-refractivity contribution is 1.28. The third-order valence-electron chi connectivity index (χ3n) is 2.69. The van der Waals surface area contributed by atoms with E-state index in [2.05, 4.69) is 4.98 Å². The molecule has 0 aliphatic carbocycles. The van der Waals surface area contributed by atoms with Crippen molar-refractivity contribution < 1.29 is 0 Å². The van der Waals surface area contributed by atoms with E-state index in [0.29, 0.717) is 11.3 Å². The minimum Gasteiger partial charge on any atom is -0.398 e. The lowest BCUT2D eigenvalue weighted by Gasteiger charge is -2.09. The van der Waals surface area contributed by atoms with Crippen LogP contribution in [0.4, 0.5) is 5.69 Å². The molecule has 2 aromatic rings. The highest BCUT2D eigenvalue weighted by Gasteiger charge is 2.07. The Morgan fingerprint density at radius 1 is 1.29 bits per heavy atom. The number of anilines is 1. The van der Waals surface area contributed by atoms with Crippen molar-refractivity contribution in [3.8, 4) is 11.1 Å². The summed E-state index contributed by atoms with van der Waals surface area (Å²) >= 11 is 0. The van der Waals surface area contributed by atoms with Crippen LogP contribution in [0.3, 0.4) is 0 Å². The molecule has 0 saturated carbocycles. The van der Waals surface area contributed by atoms with Gasteiger partial charge in [-0.3, -0.25) is 10.4 Å². The third-order valence-corrected chi connectivity index (χ3v) is 2.69. The molecular weight excluding hydrogens is 212 g/mol. The Labute approximate surface area is 99.8 Å². The van der Waals surface area contributed by atoms with Gasteiger partial charge in [-0.1, -0.05) is 6.07 Å². The minimum absolute atomic E-state index is 0.0223. The molecule has 1 aromatic heterocycles. The molecule has 0 fully saturated rings. The van der Waals surface area contributed by atoms with Crippen LogP contribution >= 0.6 is 0 Å². The Balaban J connectivity index is 2.58. The van der Waals surface area contributed by atoms with Gasteiger partial charge in [-0.2, -0.15) is 0 Å². The molecule has 4 nitrogen and oxygen atoms in total. The fraction of sp³-hybridized carbons (Fsp3) is 0.0769. The van der Waals surface area contributed by atoms with Gasteiger partial charge in [0.1, 0.15) is 5.84 Å². The van der Waals surface area contributed by atoms with Crippen molar-refractivity contribution >= 4 is 11.5 Å². The molecule has 17 heavy (non-hydrogen) atoms. The molecule has 0 spiro atoms. The number of nitrogens with two attached hydrogens (primary N) is 2. The van der Waals surface area contributed by atoms with Gasteiger partial charge in [-0.05, 0) is 36.2 Å². The molecule has 5 N–H and O–H groups in total. The van der Waals surface area contributed by atoms with Gasteiger partial charge in [0.2, 0.25) is 0 Å². The van der Waals surface area contributed by atoms with Crippen molar-refractivity contribution in [1.29, 1.82) is 5.41 Å². The summed E-state index contributed by atoms with van der Waals surface area (Å²) in [5, 5.41) is 7.47. The van der Waals surface area contributed by atoms with Gasteiger partial charge in [-0.15, -0.1) is 0 Å². The van der Waals surface area contributed by atoms with Gasteiger partial charge in [0, 0.05) is 29.2 Å². The third kappa shape index (κ3) is 2.10. The zero-order valence-electron chi connectivity index (χ0n) is 9.57. The van der Waals surface area contributed by atoms with E-state index in [9.17, 15) is 0 Å². The average Bonchev–Trinajstić information content (AvgIpc) is 2.30. The number of benzene rings is 1. The second-order valence-corrected chi connectivity index (χ2v) is 3.91. The predicted molar refractivity (Wildman–Crippen MR) is 69.8 cm³/mol. The maximum absolute atomic E-state index is 7.47. The summed E-state index contributed by atoms with van der Waals surface area (Å²) in [4.78, 5) is 4.10. The summed E-state index contributed by atoms with van der Waals surface area (Å²) < 4.78 is 0. The molecule has 0 unspecified atom stereocenters. The number of amidine groups is 1. The van der Waals surface area contributed by atoms with Crippen molar-refractivity contribution in [3.63, 3.8) is 0 Å². The number of aromatic nitrogens is 1. The fourth-order valence-corrected chi connectivity index (χ4v) is 1.72. The largest absolute Gasteiger partial charge is 0.398 e. The Bertz CT molecular complexity index is 575. The van der Waals surface area contributed by atoms with Crippen LogP contribution in [0.15, 0.2) is 36.7 Å². The van der Waals surface area contributed by atoms with E-state index >= 15 is 0 Å². The van der Waals surface area contributed by atoms with Crippen molar-refractivity contribution in [3.05, 3.63) is 47.8 Å². The SMILES string of the molecule is Cc1ccncc1-c1ccc(N)c(C(=N)N)c1. The Kier molecular flexibility index (Phi) is 2.78. The average molecular weight is 226 g/mol. The first-order valence-corrected chi connectivity index (χ1v) is 5.24. The van der Waals surface area contributed by atoms with E-state index in [1.165, 1.54) is 0 Å². The number of nitrogens with zero attached hydrogens (tertiary/aromatic N) is 1. The zero-order valence-corrected chi connectivity index (χ0v) is 9.57. The molecule has 0 saturated heterocycles. The van der Waals surface area contributed by atoms with Gasteiger partial charge in [0.25, 0.3) is 0 Å². The van der Waals surface area contributed by atoms with Crippen molar-refractivity contribution in [2.24, 2.45) is 5.73 Å². The van der Waals surface area contributed by atoms with Gasteiger partial charge in [0.05, 0.1) is 0 Å². The first kappa shape index (κ1) is 11.1.